The second-order valence-corrected chi connectivity index (χ2v) is 7.53. The lowest BCUT2D eigenvalue weighted by Gasteiger charge is -2.21. The molecule has 0 saturated heterocycles. The van der Waals surface area contributed by atoms with Crippen molar-refractivity contribution in [2.45, 2.75) is 20.1 Å². The predicted molar refractivity (Wildman–Crippen MR) is 121 cm³/mol. The molecule has 1 atom stereocenters. The van der Waals surface area contributed by atoms with E-state index in [0.717, 1.165) is 38.9 Å². The number of benzene rings is 3. The van der Waals surface area contributed by atoms with Crippen molar-refractivity contribution in [3.63, 3.8) is 0 Å². The van der Waals surface area contributed by atoms with Crippen molar-refractivity contribution in [2.24, 2.45) is 5.10 Å². The third kappa shape index (κ3) is 3.44. The number of hydrogen-bond acceptors (Lipinski definition) is 4. The molecule has 31 heavy (non-hydrogen) atoms. The number of para-hydroxylation sites is 1. The molecule has 0 bridgehead atoms. The van der Waals surface area contributed by atoms with Gasteiger partial charge in [-0.1, -0.05) is 66.7 Å². The highest BCUT2D eigenvalue weighted by Crippen LogP contribution is 2.36. The van der Waals surface area contributed by atoms with E-state index in [4.69, 9.17) is 9.72 Å². The number of rotatable bonds is 3. The number of ether oxygens (including phenoxy) is 1. The normalized spacial score (nSPS) is 15.6. The van der Waals surface area contributed by atoms with Crippen molar-refractivity contribution < 1.29 is 9.53 Å². The summed E-state index contributed by atoms with van der Waals surface area (Å²) in [6, 6.07) is 27.7. The number of nitrogens with zero attached hydrogens (tertiary/aromatic N) is 3. The number of fused-ring (bicyclic) bond motifs is 1. The number of aromatic nitrogens is 1. The molecule has 0 fully saturated rings. The van der Waals surface area contributed by atoms with Crippen LogP contribution in [0.1, 0.15) is 29.8 Å². The van der Waals surface area contributed by atoms with Gasteiger partial charge in [0.05, 0.1) is 11.2 Å². The summed E-state index contributed by atoms with van der Waals surface area (Å²) in [5.74, 6) is 0.260. The lowest BCUT2D eigenvalue weighted by atomic mass is 10.0. The Morgan fingerprint density at radius 2 is 1.65 bits per heavy atom. The van der Waals surface area contributed by atoms with Gasteiger partial charge < -0.3 is 4.74 Å². The Kier molecular flexibility index (Phi) is 4.71. The Hall–Kier alpha value is -3.99. The highest BCUT2D eigenvalue weighted by atomic mass is 16.5. The van der Waals surface area contributed by atoms with E-state index in [2.05, 4.69) is 5.10 Å². The van der Waals surface area contributed by atoms with Gasteiger partial charge in [-0.15, -0.1) is 5.10 Å². The fourth-order valence-corrected chi connectivity index (χ4v) is 3.85. The zero-order chi connectivity index (χ0) is 21.4. The van der Waals surface area contributed by atoms with Crippen molar-refractivity contribution in [1.29, 1.82) is 0 Å². The molecular weight excluding hydrogens is 386 g/mol. The lowest BCUT2D eigenvalue weighted by molar-refractivity contribution is -0.135. The van der Waals surface area contributed by atoms with Crippen LogP contribution in [0.2, 0.25) is 0 Å². The first-order valence-electron chi connectivity index (χ1n) is 10.2. The van der Waals surface area contributed by atoms with Gasteiger partial charge in [0.15, 0.2) is 0 Å². The molecule has 2 heterocycles. The van der Waals surface area contributed by atoms with E-state index in [1.165, 1.54) is 11.9 Å². The van der Waals surface area contributed by atoms with Gasteiger partial charge in [-0.25, -0.2) is 4.98 Å². The summed E-state index contributed by atoms with van der Waals surface area (Å²) in [6.45, 7) is 3.50. The zero-order valence-corrected chi connectivity index (χ0v) is 17.3. The molecule has 0 N–H and O–H groups in total. The van der Waals surface area contributed by atoms with E-state index in [9.17, 15) is 4.79 Å². The molecule has 0 aliphatic carbocycles. The topological polar surface area (TPSA) is 54.8 Å². The van der Waals surface area contributed by atoms with E-state index < -0.39 is 6.23 Å². The van der Waals surface area contributed by atoms with Crippen LogP contribution in [0.4, 0.5) is 0 Å². The van der Waals surface area contributed by atoms with Gasteiger partial charge in [0.25, 0.3) is 0 Å². The molecule has 1 aliphatic rings. The van der Waals surface area contributed by atoms with Crippen molar-refractivity contribution in [3.8, 4) is 11.3 Å². The van der Waals surface area contributed by atoms with Crippen LogP contribution in [0.25, 0.3) is 22.2 Å². The lowest BCUT2D eigenvalue weighted by Crippen LogP contribution is -2.25. The van der Waals surface area contributed by atoms with Gasteiger partial charge in [0.2, 0.25) is 18.0 Å². The predicted octanol–water partition coefficient (Wildman–Crippen LogP) is 5.45. The molecule has 152 valence electrons. The minimum Gasteiger partial charge on any atom is -0.446 e. The van der Waals surface area contributed by atoms with E-state index >= 15 is 0 Å². The summed E-state index contributed by atoms with van der Waals surface area (Å²) in [7, 11) is 0. The first-order valence-corrected chi connectivity index (χ1v) is 10.2. The van der Waals surface area contributed by atoms with Crippen LogP contribution in [-0.4, -0.2) is 21.8 Å². The minimum absolute atomic E-state index is 0.185. The van der Waals surface area contributed by atoms with Crippen LogP contribution in [0.5, 0.6) is 0 Å². The molecule has 1 aliphatic heterocycles. The average molecular weight is 407 g/mol. The summed E-state index contributed by atoms with van der Waals surface area (Å²) in [4.78, 5) is 17.3. The molecular formula is C26H21N3O2. The molecule has 1 aromatic heterocycles. The van der Waals surface area contributed by atoms with E-state index in [-0.39, 0.29) is 5.91 Å². The standard InChI is InChI=1S/C26H21N3O2/c1-17-10-6-7-13-20(17)25-28-29(18(2)30)26(31-25)22-16-24(19-11-4-3-5-12-19)27-23-15-9-8-14-21(22)23/h3-16,26H,1-2H3/t26-/m1/s1. The molecule has 5 nitrogen and oxygen atoms in total. The quantitative estimate of drug-likeness (QED) is 0.454. The monoisotopic (exact) mass is 407 g/mol. The van der Waals surface area contributed by atoms with Crippen LogP contribution in [0.15, 0.2) is 90.0 Å². The molecule has 1 amide bonds. The highest BCUT2D eigenvalue weighted by molar-refractivity contribution is 5.98. The fraction of sp³-hybridized carbons (Fsp3) is 0.115. The summed E-state index contributed by atoms with van der Waals surface area (Å²) in [6.07, 6.45) is -0.664. The van der Waals surface area contributed by atoms with Crippen molar-refractivity contribution in [3.05, 3.63) is 102 Å². The number of hydrazone groups is 1. The molecule has 0 saturated carbocycles. The van der Waals surface area contributed by atoms with Gasteiger partial charge in [0, 0.05) is 29.0 Å². The van der Waals surface area contributed by atoms with Crippen molar-refractivity contribution in [1.82, 2.24) is 9.99 Å². The molecule has 5 rings (SSSR count). The molecule has 0 unspecified atom stereocenters. The number of aryl methyl sites for hydroxylation is 1. The maximum Gasteiger partial charge on any atom is 0.243 e. The average Bonchev–Trinajstić information content (AvgIpc) is 3.25. The smallest absolute Gasteiger partial charge is 0.243 e. The minimum atomic E-state index is -0.664. The molecule has 0 spiro atoms. The summed E-state index contributed by atoms with van der Waals surface area (Å²) in [5, 5.41) is 6.89. The maximum absolute atomic E-state index is 12.5. The van der Waals surface area contributed by atoms with Crippen LogP contribution in [0.3, 0.4) is 0 Å². The molecule has 5 heteroatoms. The fourth-order valence-electron chi connectivity index (χ4n) is 3.85. The molecule has 4 aromatic rings. The Labute approximate surface area is 180 Å². The second kappa shape index (κ2) is 7.69. The Balaban J connectivity index is 1.66. The Morgan fingerprint density at radius 3 is 2.42 bits per heavy atom. The largest absolute Gasteiger partial charge is 0.446 e. The third-order valence-corrected chi connectivity index (χ3v) is 5.43. The van der Waals surface area contributed by atoms with Gasteiger partial charge in [0.1, 0.15) is 0 Å². The summed E-state index contributed by atoms with van der Waals surface area (Å²) in [5.41, 5.74) is 5.43. The van der Waals surface area contributed by atoms with Gasteiger partial charge in [-0.2, -0.15) is 5.01 Å². The van der Waals surface area contributed by atoms with Crippen molar-refractivity contribution >= 4 is 22.7 Å². The number of hydrogen-bond donors (Lipinski definition) is 0. The van der Waals surface area contributed by atoms with E-state index in [1.54, 1.807) is 0 Å². The molecule has 0 radical (unpaired) electrons. The maximum atomic E-state index is 12.5. The summed E-state index contributed by atoms with van der Waals surface area (Å²) >= 11 is 0. The van der Waals surface area contributed by atoms with Gasteiger partial charge in [-0.05, 0) is 30.7 Å². The van der Waals surface area contributed by atoms with Crippen molar-refractivity contribution in [2.75, 3.05) is 0 Å². The SMILES string of the molecule is CC(=O)N1N=C(c2ccccc2C)O[C@@H]1c1cc(-c2ccccc2)nc2ccccc12. The zero-order valence-electron chi connectivity index (χ0n) is 17.3. The van der Waals surface area contributed by atoms with E-state index in [0.29, 0.717) is 5.90 Å². The second-order valence-electron chi connectivity index (χ2n) is 7.53. The first kappa shape index (κ1) is 19.0. The van der Waals surface area contributed by atoms with Crippen LogP contribution in [-0.2, 0) is 9.53 Å². The van der Waals surface area contributed by atoms with E-state index in [1.807, 2.05) is 91.9 Å². The van der Waals surface area contributed by atoms with Crippen LogP contribution in [0, 0.1) is 6.92 Å². The first-order chi connectivity index (χ1) is 15.1. The van der Waals surface area contributed by atoms with Gasteiger partial charge in [-0.3, -0.25) is 4.79 Å². The Bertz CT molecular complexity index is 1310. The van der Waals surface area contributed by atoms with Crippen LogP contribution >= 0.6 is 0 Å². The number of pyridine rings is 1. The van der Waals surface area contributed by atoms with Crippen LogP contribution < -0.4 is 0 Å². The Morgan fingerprint density at radius 1 is 0.935 bits per heavy atom. The van der Waals surface area contributed by atoms with Gasteiger partial charge >= 0.3 is 0 Å². The summed E-state index contributed by atoms with van der Waals surface area (Å²) < 4.78 is 6.31. The molecule has 3 aromatic carbocycles. The number of carbonyl (C=O) groups is 1. The number of carbonyl (C=O) groups excluding carboxylic acids is 1. The highest BCUT2D eigenvalue weighted by Gasteiger charge is 2.35. The number of amides is 1. The third-order valence-electron chi connectivity index (χ3n) is 5.43.